The number of fused-ring (bicyclic) bond motifs is 1. The van der Waals surface area contributed by atoms with Crippen LogP contribution in [-0.4, -0.2) is 18.0 Å². The normalized spacial score (nSPS) is 13.4. The molecule has 0 bridgehead atoms. The Morgan fingerprint density at radius 2 is 2.13 bits per heavy atom. The van der Waals surface area contributed by atoms with Crippen LogP contribution in [0.2, 0.25) is 0 Å². The third kappa shape index (κ3) is 4.10. The smallest absolute Gasteiger partial charge is 0.220 e. The molecule has 1 aliphatic rings. The molecule has 1 aliphatic carbocycles. The minimum Gasteiger partial charge on any atom is -0.496 e. The summed E-state index contributed by atoms with van der Waals surface area (Å²) in [5.41, 5.74) is 2.26. The molecule has 0 saturated carbocycles. The molecule has 0 aliphatic heterocycles. The first-order chi connectivity index (χ1) is 11.3. The van der Waals surface area contributed by atoms with Gasteiger partial charge in [0, 0.05) is 29.8 Å². The maximum atomic E-state index is 12.1. The van der Waals surface area contributed by atoms with Gasteiger partial charge in [0.25, 0.3) is 0 Å². The first-order valence-electron chi connectivity index (χ1n) is 8.12. The molecule has 2 aromatic rings. The molecule has 3 rings (SSSR count). The lowest BCUT2D eigenvalue weighted by atomic mass is 10.0. The first kappa shape index (κ1) is 16.0. The van der Waals surface area contributed by atoms with Crippen molar-refractivity contribution >= 4 is 17.2 Å². The van der Waals surface area contributed by atoms with Crippen LogP contribution in [0.15, 0.2) is 24.3 Å². The third-order valence-electron chi connectivity index (χ3n) is 4.12. The average molecular weight is 330 g/mol. The van der Waals surface area contributed by atoms with E-state index >= 15 is 0 Å². The Hall–Kier alpha value is -1.88. The molecule has 0 unspecified atom stereocenters. The molecule has 122 valence electrons. The molecular weight excluding hydrogens is 308 g/mol. The van der Waals surface area contributed by atoms with E-state index < -0.39 is 0 Å². The fourth-order valence-electron chi connectivity index (χ4n) is 2.86. The SMILES string of the molecule is COc1ccccc1CNC(=O)CCc1nc2c(s1)CCCC2. The molecule has 0 saturated heterocycles. The monoisotopic (exact) mass is 330 g/mol. The van der Waals surface area contributed by atoms with Gasteiger partial charge in [0.2, 0.25) is 5.91 Å². The van der Waals surface area contributed by atoms with E-state index in [0.29, 0.717) is 13.0 Å². The van der Waals surface area contributed by atoms with Crippen LogP contribution in [0.3, 0.4) is 0 Å². The van der Waals surface area contributed by atoms with E-state index in [-0.39, 0.29) is 5.91 Å². The van der Waals surface area contributed by atoms with Gasteiger partial charge >= 0.3 is 0 Å². The van der Waals surface area contributed by atoms with Crippen LogP contribution in [0, 0.1) is 0 Å². The highest BCUT2D eigenvalue weighted by atomic mass is 32.1. The first-order valence-corrected chi connectivity index (χ1v) is 8.94. The highest BCUT2D eigenvalue weighted by molar-refractivity contribution is 7.11. The third-order valence-corrected chi connectivity index (χ3v) is 5.34. The highest BCUT2D eigenvalue weighted by Gasteiger charge is 2.15. The molecule has 0 fully saturated rings. The van der Waals surface area contributed by atoms with Crippen LogP contribution in [0.4, 0.5) is 0 Å². The molecule has 1 amide bonds. The van der Waals surface area contributed by atoms with Gasteiger partial charge in [-0.1, -0.05) is 18.2 Å². The molecule has 23 heavy (non-hydrogen) atoms. The number of hydrogen-bond donors (Lipinski definition) is 1. The zero-order valence-corrected chi connectivity index (χ0v) is 14.2. The van der Waals surface area contributed by atoms with Gasteiger partial charge in [-0.3, -0.25) is 4.79 Å². The van der Waals surface area contributed by atoms with Gasteiger partial charge in [-0.25, -0.2) is 4.98 Å². The Kier molecular flexibility index (Phi) is 5.28. The Bertz CT molecular complexity index is 658. The van der Waals surface area contributed by atoms with Crippen LogP contribution < -0.4 is 10.1 Å². The summed E-state index contributed by atoms with van der Waals surface area (Å²) >= 11 is 1.79. The number of thiazole rings is 1. The number of nitrogens with one attached hydrogen (secondary N) is 1. The number of aryl methyl sites for hydroxylation is 3. The molecule has 5 heteroatoms. The average Bonchev–Trinajstić information content (AvgIpc) is 3.01. The van der Waals surface area contributed by atoms with Crippen molar-refractivity contribution in [3.8, 4) is 5.75 Å². The Morgan fingerprint density at radius 3 is 2.96 bits per heavy atom. The van der Waals surface area contributed by atoms with Crippen LogP contribution in [-0.2, 0) is 30.6 Å². The summed E-state index contributed by atoms with van der Waals surface area (Å²) in [5.74, 6) is 0.865. The van der Waals surface area contributed by atoms with E-state index in [1.54, 1.807) is 18.4 Å². The van der Waals surface area contributed by atoms with Crippen LogP contribution >= 0.6 is 11.3 Å². The molecule has 0 spiro atoms. The van der Waals surface area contributed by atoms with E-state index in [1.165, 1.54) is 23.4 Å². The van der Waals surface area contributed by atoms with Gasteiger partial charge in [-0.2, -0.15) is 0 Å². The van der Waals surface area contributed by atoms with Crippen molar-refractivity contribution in [3.05, 3.63) is 45.4 Å². The van der Waals surface area contributed by atoms with Gasteiger partial charge < -0.3 is 10.1 Å². The number of carbonyl (C=O) groups excluding carboxylic acids is 1. The molecule has 1 heterocycles. The molecule has 1 aromatic heterocycles. The van der Waals surface area contributed by atoms with Crippen LogP contribution in [0.1, 0.15) is 40.4 Å². The van der Waals surface area contributed by atoms with Crippen molar-refractivity contribution in [2.24, 2.45) is 0 Å². The Labute approximate surface area is 140 Å². The number of amides is 1. The summed E-state index contributed by atoms with van der Waals surface area (Å²) in [6.07, 6.45) is 6.00. The second kappa shape index (κ2) is 7.59. The van der Waals surface area contributed by atoms with Gasteiger partial charge in [0.1, 0.15) is 5.75 Å². The van der Waals surface area contributed by atoms with E-state index in [0.717, 1.165) is 35.6 Å². The Morgan fingerprint density at radius 1 is 1.30 bits per heavy atom. The second-order valence-electron chi connectivity index (χ2n) is 5.77. The fourth-order valence-corrected chi connectivity index (χ4v) is 4.02. The largest absolute Gasteiger partial charge is 0.496 e. The van der Waals surface area contributed by atoms with Gasteiger partial charge in [0.15, 0.2) is 0 Å². The van der Waals surface area contributed by atoms with Crippen molar-refractivity contribution in [2.45, 2.75) is 45.1 Å². The molecular formula is C18H22N2O2S. The topological polar surface area (TPSA) is 51.2 Å². The van der Waals surface area contributed by atoms with Gasteiger partial charge in [0.05, 0.1) is 17.8 Å². The lowest BCUT2D eigenvalue weighted by molar-refractivity contribution is -0.121. The number of hydrogen-bond acceptors (Lipinski definition) is 4. The molecule has 0 radical (unpaired) electrons. The summed E-state index contributed by atoms with van der Waals surface area (Å²) in [6, 6.07) is 7.74. The predicted octanol–water partition coefficient (Wildman–Crippen LogP) is 3.28. The minimum absolute atomic E-state index is 0.0593. The molecule has 1 aromatic carbocycles. The predicted molar refractivity (Wildman–Crippen MR) is 91.9 cm³/mol. The van der Waals surface area contributed by atoms with Crippen LogP contribution in [0.5, 0.6) is 5.75 Å². The summed E-state index contributed by atoms with van der Waals surface area (Å²) in [5, 5.41) is 4.06. The van der Waals surface area contributed by atoms with Gasteiger partial charge in [-0.15, -0.1) is 11.3 Å². The maximum absolute atomic E-state index is 12.1. The zero-order chi connectivity index (χ0) is 16.1. The number of carbonyl (C=O) groups is 1. The van der Waals surface area contributed by atoms with Crippen molar-refractivity contribution < 1.29 is 9.53 Å². The van der Waals surface area contributed by atoms with Crippen molar-refractivity contribution in [2.75, 3.05) is 7.11 Å². The molecule has 1 N–H and O–H groups in total. The maximum Gasteiger partial charge on any atom is 0.220 e. The number of aromatic nitrogens is 1. The fraction of sp³-hybridized carbons (Fsp3) is 0.444. The van der Waals surface area contributed by atoms with E-state index in [4.69, 9.17) is 4.74 Å². The molecule has 4 nitrogen and oxygen atoms in total. The lowest BCUT2D eigenvalue weighted by Crippen LogP contribution is -2.23. The summed E-state index contributed by atoms with van der Waals surface area (Å²) < 4.78 is 5.29. The molecule has 0 atom stereocenters. The van der Waals surface area contributed by atoms with Crippen molar-refractivity contribution in [3.63, 3.8) is 0 Å². The minimum atomic E-state index is 0.0593. The summed E-state index contributed by atoms with van der Waals surface area (Å²) in [4.78, 5) is 18.2. The highest BCUT2D eigenvalue weighted by Crippen LogP contribution is 2.27. The quantitative estimate of drug-likeness (QED) is 0.884. The number of ether oxygens (including phenoxy) is 1. The standard InChI is InChI=1S/C18H22N2O2S/c1-22-15-8-4-2-6-13(15)12-19-17(21)10-11-18-20-14-7-3-5-9-16(14)23-18/h2,4,6,8H,3,5,7,9-12H2,1H3,(H,19,21). The Balaban J connectivity index is 1.49. The van der Waals surface area contributed by atoms with E-state index in [1.807, 2.05) is 24.3 Å². The number of para-hydroxylation sites is 1. The number of methoxy groups -OCH3 is 1. The summed E-state index contributed by atoms with van der Waals surface area (Å²) in [6.45, 7) is 0.497. The van der Waals surface area contributed by atoms with Gasteiger partial charge in [-0.05, 0) is 31.7 Å². The van der Waals surface area contributed by atoms with Crippen molar-refractivity contribution in [1.82, 2.24) is 10.3 Å². The van der Waals surface area contributed by atoms with Crippen LogP contribution in [0.25, 0.3) is 0 Å². The van der Waals surface area contributed by atoms with E-state index in [9.17, 15) is 4.79 Å². The zero-order valence-electron chi connectivity index (χ0n) is 13.4. The van der Waals surface area contributed by atoms with E-state index in [2.05, 4.69) is 10.3 Å². The second-order valence-corrected chi connectivity index (χ2v) is 6.94. The summed E-state index contributed by atoms with van der Waals surface area (Å²) in [7, 11) is 1.64. The number of rotatable bonds is 6. The number of nitrogens with zero attached hydrogens (tertiary/aromatic N) is 1. The van der Waals surface area contributed by atoms with Crippen molar-refractivity contribution in [1.29, 1.82) is 0 Å². The number of benzene rings is 1. The lowest BCUT2D eigenvalue weighted by Gasteiger charge is -2.09.